The normalized spacial score (nSPS) is 15.5. The van der Waals surface area contributed by atoms with Crippen LogP contribution in [0.1, 0.15) is 32.4 Å². The summed E-state index contributed by atoms with van der Waals surface area (Å²) in [6.07, 6.45) is 0. The van der Waals surface area contributed by atoms with E-state index in [-0.39, 0.29) is 5.56 Å². The molecule has 1 unspecified atom stereocenters. The first kappa shape index (κ1) is 20.8. The first-order valence-electron chi connectivity index (χ1n) is 7.88. The molecule has 2 rings (SSSR count). The van der Waals surface area contributed by atoms with Crippen molar-refractivity contribution in [1.82, 2.24) is 4.72 Å². The molecule has 0 heterocycles. The van der Waals surface area contributed by atoms with Crippen molar-refractivity contribution in [3.8, 4) is 0 Å². The third-order valence-electron chi connectivity index (χ3n) is 3.66. The third kappa shape index (κ3) is 4.25. The van der Waals surface area contributed by atoms with Crippen LogP contribution in [-0.4, -0.2) is 23.0 Å². The Morgan fingerprint density at radius 1 is 0.962 bits per heavy atom. The van der Waals surface area contributed by atoms with Crippen LogP contribution in [0.5, 0.6) is 0 Å². The fourth-order valence-corrected chi connectivity index (χ4v) is 4.43. The smallest absolute Gasteiger partial charge is 0.373 e. The van der Waals surface area contributed by atoms with Crippen LogP contribution in [0.3, 0.4) is 0 Å². The molecule has 0 aliphatic heterocycles. The molecule has 4 nitrogen and oxygen atoms in total. The molecular weight excluding hydrogens is 380 g/mol. The zero-order valence-electron chi connectivity index (χ0n) is 14.6. The van der Waals surface area contributed by atoms with Crippen molar-refractivity contribution in [2.75, 3.05) is 0 Å². The van der Waals surface area contributed by atoms with Crippen molar-refractivity contribution < 1.29 is 21.8 Å². The number of sulfone groups is 1. The molecule has 142 valence electrons. The average Bonchev–Trinajstić information content (AvgIpc) is 2.59. The minimum absolute atomic E-state index is 0.0367. The topological polar surface area (TPSA) is 69.2 Å². The summed E-state index contributed by atoms with van der Waals surface area (Å²) >= 11 is -1.90. The van der Waals surface area contributed by atoms with Gasteiger partial charge in [-0.1, -0.05) is 48.5 Å². The number of halogens is 2. The molecule has 0 fully saturated rings. The van der Waals surface area contributed by atoms with E-state index in [9.17, 15) is 13.0 Å². The van der Waals surface area contributed by atoms with Crippen LogP contribution < -0.4 is 4.72 Å². The summed E-state index contributed by atoms with van der Waals surface area (Å²) < 4.78 is 69.5. The highest BCUT2D eigenvalue weighted by molar-refractivity contribution is 7.93. The van der Waals surface area contributed by atoms with Gasteiger partial charge in [-0.15, -0.1) is 4.72 Å². The molecule has 8 heteroatoms. The summed E-state index contributed by atoms with van der Waals surface area (Å²) in [5.41, 5.74) is 0.0367. The zero-order chi connectivity index (χ0) is 19.6. The van der Waals surface area contributed by atoms with Crippen LogP contribution in [0.4, 0.5) is 8.78 Å². The number of nitrogens with one attached hydrogen (secondary N) is 1. The van der Waals surface area contributed by atoms with Gasteiger partial charge in [0.05, 0.1) is 4.90 Å². The SMILES string of the molecule is CC(C)(C)[S@+]([O-])NC(c1ccccc1)C(F)(F)S(=O)(=O)c1ccccc1. The molecule has 0 aliphatic rings. The van der Waals surface area contributed by atoms with Gasteiger partial charge in [0.25, 0.3) is 0 Å². The summed E-state index contributed by atoms with van der Waals surface area (Å²) in [5, 5.41) is -4.21. The minimum Gasteiger partial charge on any atom is -0.598 e. The predicted molar refractivity (Wildman–Crippen MR) is 98.8 cm³/mol. The number of hydrogen-bond acceptors (Lipinski definition) is 4. The van der Waals surface area contributed by atoms with Gasteiger partial charge in [0.15, 0.2) is 6.04 Å². The van der Waals surface area contributed by atoms with E-state index in [1.54, 1.807) is 32.9 Å². The van der Waals surface area contributed by atoms with E-state index < -0.39 is 42.1 Å². The summed E-state index contributed by atoms with van der Waals surface area (Å²) in [5.74, 6) is 0. The van der Waals surface area contributed by atoms with Crippen molar-refractivity contribution in [2.45, 2.75) is 41.7 Å². The minimum atomic E-state index is -5.01. The molecule has 2 atom stereocenters. The average molecular weight is 402 g/mol. The number of hydrogen-bond donors (Lipinski definition) is 1. The van der Waals surface area contributed by atoms with Crippen LogP contribution in [-0.2, 0) is 21.2 Å². The second-order valence-corrected chi connectivity index (χ2v) is 10.7. The Morgan fingerprint density at radius 3 is 1.88 bits per heavy atom. The summed E-state index contributed by atoms with van der Waals surface area (Å²) in [6.45, 7) is 4.84. The highest BCUT2D eigenvalue weighted by Crippen LogP contribution is 2.41. The Bertz CT molecular complexity index is 823. The van der Waals surface area contributed by atoms with Gasteiger partial charge in [-0.3, -0.25) is 0 Å². The molecule has 0 radical (unpaired) electrons. The summed E-state index contributed by atoms with van der Waals surface area (Å²) in [4.78, 5) is -0.491. The standard InChI is InChI=1S/C18H21F2NO3S2/c1-17(2,3)25(22)21-16(14-10-6-4-7-11-14)18(19,20)26(23,24)15-12-8-5-9-13-15/h4-13,16,21H,1-3H3/t16?,25-/m0/s1. The second-order valence-electron chi connectivity index (χ2n) is 6.72. The lowest BCUT2D eigenvalue weighted by atomic mass is 10.1. The molecular formula is C18H21F2NO3S2. The Morgan fingerprint density at radius 2 is 1.42 bits per heavy atom. The Hall–Kier alpha value is -1.48. The lowest BCUT2D eigenvalue weighted by Crippen LogP contribution is -2.49. The molecule has 0 aromatic heterocycles. The molecule has 1 N–H and O–H groups in total. The molecule has 26 heavy (non-hydrogen) atoms. The summed E-state index contributed by atoms with van der Waals surface area (Å²) in [7, 11) is -5.01. The van der Waals surface area contributed by atoms with Crippen LogP contribution in [0.25, 0.3) is 0 Å². The molecule has 2 aromatic rings. The number of rotatable bonds is 6. The van der Waals surface area contributed by atoms with Gasteiger partial charge >= 0.3 is 5.25 Å². The molecule has 0 spiro atoms. The third-order valence-corrected chi connectivity index (χ3v) is 7.07. The highest BCUT2D eigenvalue weighted by Gasteiger charge is 2.56. The van der Waals surface area contributed by atoms with Crippen LogP contribution >= 0.6 is 0 Å². The van der Waals surface area contributed by atoms with Gasteiger partial charge in [-0.05, 0) is 38.5 Å². The van der Waals surface area contributed by atoms with E-state index >= 15 is 8.78 Å². The van der Waals surface area contributed by atoms with Crippen molar-refractivity contribution in [1.29, 1.82) is 0 Å². The first-order valence-corrected chi connectivity index (χ1v) is 10.5. The molecule has 0 saturated carbocycles. The van der Waals surface area contributed by atoms with Crippen LogP contribution in [0.15, 0.2) is 65.6 Å². The van der Waals surface area contributed by atoms with Gasteiger partial charge in [-0.25, -0.2) is 8.42 Å². The van der Waals surface area contributed by atoms with E-state index in [1.807, 2.05) is 0 Å². The van der Waals surface area contributed by atoms with Crippen molar-refractivity contribution in [3.05, 3.63) is 66.2 Å². The highest BCUT2D eigenvalue weighted by atomic mass is 32.2. The van der Waals surface area contributed by atoms with E-state index in [0.717, 1.165) is 12.1 Å². The molecule has 0 aliphatic carbocycles. The fraction of sp³-hybridized carbons (Fsp3) is 0.333. The maximum atomic E-state index is 15.2. The Kier molecular flexibility index (Phi) is 6.12. The van der Waals surface area contributed by atoms with Crippen molar-refractivity contribution in [3.63, 3.8) is 0 Å². The second kappa shape index (κ2) is 7.64. The number of benzene rings is 2. The molecule has 0 amide bonds. The van der Waals surface area contributed by atoms with Crippen molar-refractivity contribution in [2.24, 2.45) is 0 Å². The lowest BCUT2D eigenvalue weighted by molar-refractivity contribution is 0.0553. The molecule has 0 saturated heterocycles. The Balaban J connectivity index is 2.53. The van der Waals surface area contributed by atoms with E-state index in [1.165, 1.54) is 36.4 Å². The number of alkyl halides is 2. The molecule has 0 bridgehead atoms. The van der Waals surface area contributed by atoms with Gasteiger partial charge in [0.1, 0.15) is 4.75 Å². The van der Waals surface area contributed by atoms with Crippen LogP contribution in [0.2, 0.25) is 0 Å². The van der Waals surface area contributed by atoms with Gasteiger partial charge < -0.3 is 4.55 Å². The first-order chi connectivity index (χ1) is 12.0. The van der Waals surface area contributed by atoms with Crippen LogP contribution in [0, 0.1) is 0 Å². The van der Waals surface area contributed by atoms with E-state index in [0.29, 0.717) is 0 Å². The van der Waals surface area contributed by atoms with Gasteiger partial charge in [-0.2, -0.15) is 8.78 Å². The lowest BCUT2D eigenvalue weighted by Gasteiger charge is -2.32. The monoisotopic (exact) mass is 401 g/mol. The maximum absolute atomic E-state index is 15.2. The summed E-state index contributed by atoms with van der Waals surface area (Å²) in [6, 6.07) is 12.0. The Labute approximate surface area is 155 Å². The van der Waals surface area contributed by atoms with Gasteiger partial charge in [0.2, 0.25) is 9.84 Å². The maximum Gasteiger partial charge on any atom is 0.373 e. The van der Waals surface area contributed by atoms with E-state index in [4.69, 9.17) is 0 Å². The predicted octanol–water partition coefficient (Wildman–Crippen LogP) is 3.85. The fourth-order valence-electron chi connectivity index (χ4n) is 2.17. The quantitative estimate of drug-likeness (QED) is 0.747. The zero-order valence-corrected chi connectivity index (χ0v) is 16.3. The molecule has 2 aromatic carbocycles. The van der Waals surface area contributed by atoms with Gasteiger partial charge in [0, 0.05) is 11.4 Å². The largest absolute Gasteiger partial charge is 0.598 e. The van der Waals surface area contributed by atoms with Crippen molar-refractivity contribution >= 4 is 21.2 Å². The van der Waals surface area contributed by atoms with E-state index in [2.05, 4.69) is 4.72 Å².